The van der Waals surface area contributed by atoms with Crippen LogP contribution in [0.3, 0.4) is 0 Å². The van der Waals surface area contributed by atoms with Gasteiger partial charge in [0, 0.05) is 19.1 Å². The molecule has 7 nitrogen and oxygen atoms in total. The summed E-state index contributed by atoms with van der Waals surface area (Å²) in [5, 5.41) is 0.291. The maximum atomic E-state index is 15.2. The number of halogens is 2. The molecule has 0 radical (unpaired) electrons. The van der Waals surface area contributed by atoms with Crippen LogP contribution in [0.1, 0.15) is 25.3 Å². The lowest BCUT2D eigenvalue weighted by Gasteiger charge is -2.24. The summed E-state index contributed by atoms with van der Waals surface area (Å²) in [6, 6.07) is 1.44. The Hall–Kier alpha value is -2.10. The number of methoxy groups -OCH3 is 1. The van der Waals surface area contributed by atoms with Crippen molar-refractivity contribution in [2.45, 2.75) is 25.3 Å². The van der Waals surface area contributed by atoms with E-state index in [2.05, 4.69) is 4.37 Å². The lowest BCUT2D eigenvalue weighted by molar-refractivity contribution is 0.414. The zero-order valence-corrected chi connectivity index (χ0v) is 17.5. The zero-order chi connectivity index (χ0) is 19.6. The smallest absolute Gasteiger partial charge is 0.271 e. The van der Waals surface area contributed by atoms with E-state index in [9.17, 15) is 9.59 Å². The number of nitrogens with zero attached hydrogens (tertiary/aromatic N) is 2. The van der Waals surface area contributed by atoms with E-state index < -0.39 is 16.8 Å². The number of rotatable bonds is 4. The van der Waals surface area contributed by atoms with Crippen LogP contribution < -0.4 is 26.4 Å². The van der Waals surface area contributed by atoms with Crippen molar-refractivity contribution in [2.24, 2.45) is 11.7 Å². The molecule has 1 aliphatic carbocycles. The van der Waals surface area contributed by atoms with Crippen molar-refractivity contribution >= 4 is 50.7 Å². The van der Waals surface area contributed by atoms with Crippen molar-refractivity contribution in [1.82, 2.24) is 8.94 Å². The molecule has 2 aromatic heterocycles. The predicted molar refractivity (Wildman–Crippen MR) is 116 cm³/mol. The summed E-state index contributed by atoms with van der Waals surface area (Å²) in [5.41, 5.74) is 5.88. The maximum Gasteiger partial charge on any atom is 0.271 e. The molecule has 0 unspecified atom stereocenters. The number of hydrogen-bond acceptors (Lipinski definition) is 6. The van der Waals surface area contributed by atoms with Crippen LogP contribution in [-0.2, 0) is 0 Å². The van der Waals surface area contributed by atoms with Crippen molar-refractivity contribution in [3.8, 4) is 5.75 Å². The highest BCUT2D eigenvalue weighted by Gasteiger charge is 2.34. The van der Waals surface area contributed by atoms with Gasteiger partial charge in [0.1, 0.15) is 15.9 Å². The third-order valence-corrected chi connectivity index (χ3v) is 6.73. The SMILES string of the molecule is COc1c(N2CC[C@@H](CN)C2)c(F)cc2c(=O)c3c(=O)[nH]sc3n(C3CC3)c12.Cl. The van der Waals surface area contributed by atoms with Gasteiger partial charge in [-0.2, -0.15) is 0 Å². The highest BCUT2D eigenvalue weighted by Crippen LogP contribution is 2.46. The number of anilines is 1. The van der Waals surface area contributed by atoms with Crippen molar-refractivity contribution in [3.05, 3.63) is 32.5 Å². The average Bonchev–Trinajstić information content (AvgIpc) is 3.28. The minimum Gasteiger partial charge on any atom is -0.492 e. The molecule has 2 aliphatic rings. The van der Waals surface area contributed by atoms with Crippen LogP contribution in [0.25, 0.3) is 21.1 Å². The third kappa shape index (κ3) is 2.94. The van der Waals surface area contributed by atoms with Crippen LogP contribution in [0.2, 0.25) is 0 Å². The number of aromatic nitrogens is 2. The van der Waals surface area contributed by atoms with Crippen LogP contribution in [0.15, 0.2) is 15.7 Å². The lowest BCUT2D eigenvalue weighted by Crippen LogP contribution is -2.25. The van der Waals surface area contributed by atoms with E-state index >= 15 is 4.39 Å². The quantitative estimate of drug-likeness (QED) is 0.650. The molecule has 1 saturated carbocycles. The van der Waals surface area contributed by atoms with E-state index in [1.807, 2.05) is 9.47 Å². The normalized spacial score (nSPS) is 19.1. The Labute approximate surface area is 175 Å². The monoisotopic (exact) mass is 440 g/mol. The second-order valence-electron chi connectivity index (χ2n) is 7.62. The van der Waals surface area contributed by atoms with Gasteiger partial charge in [-0.25, -0.2) is 4.39 Å². The van der Waals surface area contributed by atoms with Gasteiger partial charge in [0.2, 0.25) is 5.43 Å². The molecule has 29 heavy (non-hydrogen) atoms. The van der Waals surface area contributed by atoms with Crippen molar-refractivity contribution < 1.29 is 9.13 Å². The van der Waals surface area contributed by atoms with E-state index in [0.29, 0.717) is 47.3 Å². The number of ether oxygens (including phenoxy) is 1. The topological polar surface area (TPSA) is 93.3 Å². The summed E-state index contributed by atoms with van der Waals surface area (Å²) < 4.78 is 25.6. The Bertz CT molecular complexity index is 1220. The Balaban J connectivity index is 0.00000205. The molecule has 5 rings (SSSR count). The Morgan fingerprint density at radius 3 is 2.72 bits per heavy atom. The van der Waals surface area contributed by atoms with Gasteiger partial charge >= 0.3 is 0 Å². The molecule has 156 valence electrons. The highest BCUT2D eigenvalue weighted by molar-refractivity contribution is 7.12. The molecule has 3 heterocycles. The molecule has 10 heteroatoms. The van der Waals surface area contributed by atoms with E-state index in [1.54, 1.807) is 0 Å². The predicted octanol–water partition coefficient (Wildman–Crippen LogP) is 2.59. The second kappa shape index (κ2) is 7.30. The zero-order valence-electron chi connectivity index (χ0n) is 15.9. The summed E-state index contributed by atoms with van der Waals surface area (Å²) in [6.45, 7) is 1.90. The molecule has 0 amide bonds. The van der Waals surface area contributed by atoms with Gasteiger partial charge in [0.05, 0.1) is 18.0 Å². The van der Waals surface area contributed by atoms with Crippen molar-refractivity contribution in [3.63, 3.8) is 0 Å². The summed E-state index contributed by atoms with van der Waals surface area (Å²) in [5.74, 6) is 0.162. The first-order chi connectivity index (χ1) is 13.5. The molecule has 1 atom stereocenters. The van der Waals surface area contributed by atoms with Gasteiger partial charge in [-0.1, -0.05) is 0 Å². The fraction of sp³-hybridized carbons (Fsp3) is 0.474. The van der Waals surface area contributed by atoms with E-state index in [0.717, 1.165) is 30.8 Å². The van der Waals surface area contributed by atoms with Crippen LogP contribution in [-0.4, -0.2) is 35.7 Å². The van der Waals surface area contributed by atoms with Gasteiger partial charge < -0.3 is 19.9 Å². The molecule has 0 spiro atoms. The van der Waals surface area contributed by atoms with E-state index in [-0.39, 0.29) is 29.2 Å². The number of nitrogens with one attached hydrogen (secondary N) is 1. The first-order valence-electron chi connectivity index (χ1n) is 9.46. The van der Waals surface area contributed by atoms with Crippen LogP contribution >= 0.6 is 23.9 Å². The first kappa shape index (κ1) is 20.2. The maximum absolute atomic E-state index is 15.2. The minimum absolute atomic E-state index is 0. The molecule has 1 saturated heterocycles. The van der Waals surface area contributed by atoms with E-state index in [4.69, 9.17) is 10.5 Å². The molecule has 1 aliphatic heterocycles. The Morgan fingerprint density at radius 1 is 1.34 bits per heavy atom. The highest BCUT2D eigenvalue weighted by atomic mass is 35.5. The number of H-pyrrole nitrogens is 1. The lowest BCUT2D eigenvalue weighted by atomic mass is 10.1. The Kier molecular flexibility index (Phi) is 5.08. The standard InChI is InChI=1S/C19H21FN4O3S.ClH/c1-27-17-14-11(6-12(20)15(17)23-5-4-9(7-21)8-23)16(25)13-18(26)22-28-19(13)24(14)10-2-3-10;/h6,9-10H,2-5,7-8,21H2,1H3,(H,22,26);1H/t9-;/m0./s1. The number of nitrogens with two attached hydrogens (primary N) is 1. The summed E-state index contributed by atoms with van der Waals surface area (Å²) >= 11 is 1.15. The summed E-state index contributed by atoms with van der Waals surface area (Å²) in [7, 11) is 1.50. The van der Waals surface area contributed by atoms with Crippen LogP contribution in [0.4, 0.5) is 10.1 Å². The fourth-order valence-electron chi connectivity index (χ4n) is 4.32. The minimum atomic E-state index is -0.507. The first-order valence-corrected chi connectivity index (χ1v) is 10.3. The molecular formula is C19H22ClFN4O3S. The second-order valence-corrected chi connectivity index (χ2v) is 8.41. The molecule has 0 bridgehead atoms. The largest absolute Gasteiger partial charge is 0.492 e. The Morgan fingerprint density at radius 2 is 2.10 bits per heavy atom. The van der Waals surface area contributed by atoms with Crippen LogP contribution in [0.5, 0.6) is 5.75 Å². The molecular weight excluding hydrogens is 419 g/mol. The van der Waals surface area contributed by atoms with E-state index in [1.165, 1.54) is 13.2 Å². The van der Waals surface area contributed by atoms with Crippen molar-refractivity contribution in [1.29, 1.82) is 0 Å². The third-order valence-electron chi connectivity index (χ3n) is 5.85. The number of benzene rings is 1. The van der Waals surface area contributed by atoms with Crippen LogP contribution in [0, 0.1) is 11.7 Å². The number of fused-ring (bicyclic) bond motifs is 2. The number of hydrogen-bond donors (Lipinski definition) is 2. The number of pyridine rings is 1. The number of aromatic amines is 1. The summed E-state index contributed by atoms with van der Waals surface area (Å²) in [6.07, 6.45) is 2.80. The van der Waals surface area contributed by atoms with Gasteiger partial charge in [0.25, 0.3) is 5.56 Å². The summed E-state index contributed by atoms with van der Waals surface area (Å²) in [4.78, 5) is 27.8. The van der Waals surface area contributed by atoms with Gasteiger partial charge in [-0.3, -0.25) is 14.0 Å². The molecule has 1 aromatic carbocycles. The average molecular weight is 441 g/mol. The molecule has 3 N–H and O–H groups in total. The fourth-order valence-corrected chi connectivity index (χ4v) is 5.23. The molecule has 3 aromatic rings. The molecule has 2 fully saturated rings. The van der Waals surface area contributed by atoms with Crippen molar-refractivity contribution in [2.75, 3.05) is 31.6 Å². The van der Waals surface area contributed by atoms with Gasteiger partial charge in [-0.05, 0) is 49.3 Å². The van der Waals surface area contributed by atoms with Gasteiger partial charge in [-0.15, -0.1) is 12.4 Å². The van der Waals surface area contributed by atoms with Gasteiger partial charge in [0.15, 0.2) is 11.6 Å².